The second-order valence-electron chi connectivity index (χ2n) is 5.85. The summed E-state index contributed by atoms with van der Waals surface area (Å²) in [5.74, 6) is 1.77. The fourth-order valence-corrected chi connectivity index (χ4v) is 2.87. The van der Waals surface area contributed by atoms with E-state index in [1.54, 1.807) is 24.7 Å². The summed E-state index contributed by atoms with van der Waals surface area (Å²) in [4.78, 5) is 13.2. The highest BCUT2D eigenvalue weighted by molar-refractivity contribution is 5.82. The van der Waals surface area contributed by atoms with Crippen LogP contribution in [0.15, 0.2) is 83.7 Å². The van der Waals surface area contributed by atoms with Crippen LogP contribution in [0.4, 0.5) is 0 Å². The molecule has 0 radical (unpaired) electrons. The normalized spacial score (nSPS) is 11.1. The summed E-state index contributed by atoms with van der Waals surface area (Å²) in [6.45, 7) is 0. The van der Waals surface area contributed by atoms with E-state index in [9.17, 15) is 0 Å². The van der Waals surface area contributed by atoms with Crippen LogP contribution in [0.1, 0.15) is 0 Å². The van der Waals surface area contributed by atoms with E-state index in [2.05, 4.69) is 15.0 Å². The second kappa shape index (κ2) is 5.97. The quantitative estimate of drug-likeness (QED) is 0.450. The smallest absolute Gasteiger partial charge is 0.222 e. The van der Waals surface area contributed by atoms with Crippen molar-refractivity contribution in [3.8, 4) is 23.0 Å². The number of hydrogen-bond donors (Lipinski definition) is 0. The summed E-state index contributed by atoms with van der Waals surface area (Å²) in [6.07, 6.45) is 5.13. The van der Waals surface area contributed by atoms with E-state index in [-0.39, 0.29) is 0 Å². The largest absolute Gasteiger partial charge is 0.464 e. The van der Waals surface area contributed by atoms with Gasteiger partial charge in [0, 0.05) is 40.9 Å². The number of pyridine rings is 1. The number of benzene rings is 2. The monoisotopic (exact) mass is 339 g/mol. The van der Waals surface area contributed by atoms with Gasteiger partial charge in [0.1, 0.15) is 11.3 Å². The Morgan fingerprint density at radius 3 is 2.81 bits per heavy atom. The highest BCUT2D eigenvalue weighted by Crippen LogP contribution is 2.26. The molecule has 0 bridgehead atoms. The average molecular weight is 339 g/mol. The molecule has 26 heavy (non-hydrogen) atoms. The van der Waals surface area contributed by atoms with E-state index >= 15 is 0 Å². The number of aromatic nitrogens is 3. The van der Waals surface area contributed by atoms with Crippen LogP contribution in [0.25, 0.3) is 33.3 Å². The molecule has 5 nitrogen and oxygen atoms in total. The fraction of sp³-hybridized carbons (Fsp3) is 0. The maximum absolute atomic E-state index is 5.91. The Morgan fingerprint density at radius 2 is 1.81 bits per heavy atom. The van der Waals surface area contributed by atoms with Gasteiger partial charge in [0.25, 0.3) is 0 Å². The number of nitrogens with zero attached hydrogens (tertiary/aromatic N) is 3. The van der Waals surface area contributed by atoms with E-state index in [1.807, 2.05) is 54.6 Å². The van der Waals surface area contributed by atoms with Gasteiger partial charge in [-0.25, -0.2) is 4.98 Å². The third kappa shape index (κ3) is 2.65. The van der Waals surface area contributed by atoms with Crippen molar-refractivity contribution >= 4 is 21.9 Å². The topological polar surface area (TPSA) is 61.0 Å². The van der Waals surface area contributed by atoms with Crippen LogP contribution in [-0.2, 0) is 0 Å². The van der Waals surface area contributed by atoms with Gasteiger partial charge < -0.3 is 9.15 Å². The van der Waals surface area contributed by atoms with E-state index in [0.29, 0.717) is 17.5 Å². The minimum Gasteiger partial charge on any atom is -0.464 e. The lowest BCUT2D eigenvalue weighted by molar-refractivity contribution is 0.463. The van der Waals surface area contributed by atoms with Gasteiger partial charge in [0.2, 0.25) is 5.88 Å². The molecule has 0 aliphatic carbocycles. The number of furan rings is 1. The minimum atomic E-state index is 0.484. The van der Waals surface area contributed by atoms with Crippen LogP contribution in [-0.4, -0.2) is 15.0 Å². The molecule has 5 rings (SSSR count). The molecule has 3 heterocycles. The first kappa shape index (κ1) is 14.6. The van der Waals surface area contributed by atoms with Gasteiger partial charge in [0.15, 0.2) is 5.82 Å². The maximum Gasteiger partial charge on any atom is 0.222 e. The Kier molecular flexibility index (Phi) is 3.35. The predicted molar refractivity (Wildman–Crippen MR) is 99.1 cm³/mol. The molecule has 0 saturated carbocycles. The summed E-state index contributed by atoms with van der Waals surface area (Å²) >= 11 is 0. The van der Waals surface area contributed by atoms with E-state index in [4.69, 9.17) is 9.15 Å². The molecule has 0 unspecified atom stereocenters. The molecule has 0 N–H and O–H groups in total. The molecule has 5 aromatic rings. The van der Waals surface area contributed by atoms with Crippen molar-refractivity contribution in [1.82, 2.24) is 15.0 Å². The van der Waals surface area contributed by atoms with Gasteiger partial charge in [-0.2, -0.15) is 4.98 Å². The maximum atomic E-state index is 5.91. The molecule has 2 aromatic carbocycles. The number of hydrogen-bond acceptors (Lipinski definition) is 5. The molecule has 0 fully saturated rings. The van der Waals surface area contributed by atoms with Gasteiger partial charge in [-0.05, 0) is 42.5 Å². The summed E-state index contributed by atoms with van der Waals surface area (Å²) < 4.78 is 11.3. The zero-order valence-electron chi connectivity index (χ0n) is 13.7. The van der Waals surface area contributed by atoms with Gasteiger partial charge >= 0.3 is 0 Å². The van der Waals surface area contributed by atoms with Crippen LogP contribution in [0.3, 0.4) is 0 Å². The van der Waals surface area contributed by atoms with Crippen LogP contribution in [0, 0.1) is 0 Å². The fourth-order valence-electron chi connectivity index (χ4n) is 2.87. The van der Waals surface area contributed by atoms with Crippen molar-refractivity contribution in [2.24, 2.45) is 0 Å². The Hall–Kier alpha value is -3.73. The summed E-state index contributed by atoms with van der Waals surface area (Å²) in [5.41, 5.74) is 2.62. The average Bonchev–Trinajstić information content (AvgIpc) is 3.16. The van der Waals surface area contributed by atoms with Crippen LogP contribution < -0.4 is 4.74 Å². The number of fused-ring (bicyclic) bond motifs is 2. The first-order valence-electron chi connectivity index (χ1n) is 8.18. The van der Waals surface area contributed by atoms with Crippen LogP contribution in [0.5, 0.6) is 11.6 Å². The lowest BCUT2D eigenvalue weighted by Gasteiger charge is -2.07. The zero-order chi connectivity index (χ0) is 17.3. The Labute approximate surface area is 148 Å². The summed E-state index contributed by atoms with van der Waals surface area (Å²) in [6, 6.07) is 19.2. The minimum absolute atomic E-state index is 0.484. The zero-order valence-corrected chi connectivity index (χ0v) is 13.7. The molecule has 0 aliphatic rings. The molecular formula is C21H13N3O2. The van der Waals surface area contributed by atoms with E-state index < -0.39 is 0 Å². The Morgan fingerprint density at radius 1 is 0.808 bits per heavy atom. The molecule has 0 saturated heterocycles. The summed E-state index contributed by atoms with van der Waals surface area (Å²) in [5, 5.41) is 2.08. The number of ether oxygens (including phenoxy) is 1. The van der Waals surface area contributed by atoms with Crippen molar-refractivity contribution in [2.45, 2.75) is 0 Å². The molecular weight excluding hydrogens is 326 g/mol. The molecule has 0 amide bonds. The molecule has 124 valence electrons. The van der Waals surface area contributed by atoms with Crippen molar-refractivity contribution in [3.63, 3.8) is 0 Å². The standard InChI is InChI=1S/C21H13N3O2/c1-2-14-3-5-17(13-18(14)22-9-1)26-20-7-10-23-21(24-20)16-4-6-19-15(12-16)8-11-25-19/h1-13H. The summed E-state index contributed by atoms with van der Waals surface area (Å²) in [7, 11) is 0. The Balaban J connectivity index is 1.48. The van der Waals surface area contributed by atoms with Gasteiger partial charge in [0.05, 0.1) is 11.8 Å². The highest BCUT2D eigenvalue weighted by Gasteiger charge is 2.07. The lowest BCUT2D eigenvalue weighted by atomic mass is 10.1. The van der Waals surface area contributed by atoms with Crippen molar-refractivity contribution in [2.75, 3.05) is 0 Å². The van der Waals surface area contributed by atoms with Crippen LogP contribution in [0.2, 0.25) is 0 Å². The molecule has 5 heteroatoms. The van der Waals surface area contributed by atoms with Crippen LogP contribution >= 0.6 is 0 Å². The van der Waals surface area contributed by atoms with Crippen molar-refractivity contribution in [1.29, 1.82) is 0 Å². The predicted octanol–water partition coefficient (Wildman–Crippen LogP) is 5.23. The SMILES string of the molecule is c1cnc2cc(Oc3ccnc(-c4ccc5occc5c4)n3)ccc2c1. The lowest BCUT2D eigenvalue weighted by Crippen LogP contribution is -1.93. The molecule has 0 atom stereocenters. The van der Waals surface area contributed by atoms with Gasteiger partial charge in [-0.1, -0.05) is 6.07 Å². The highest BCUT2D eigenvalue weighted by atomic mass is 16.5. The second-order valence-corrected chi connectivity index (χ2v) is 5.85. The molecule has 0 spiro atoms. The Bertz CT molecular complexity index is 1230. The first-order chi connectivity index (χ1) is 12.8. The van der Waals surface area contributed by atoms with Crippen molar-refractivity contribution < 1.29 is 9.15 Å². The molecule has 0 aliphatic heterocycles. The van der Waals surface area contributed by atoms with E-state index in [1.165, 1.54) is 0 Å². The number of rotatable bonds is 3. The molecule has 3 aromatic heterocycles. The van der Waals surface area contributed by atoms with Gasteiger partial charge in [-0.3, -0.25) is 4.98 Å². The first-order valence-corrected chi connectivity index (χ1v) is 8.18. The van der Waals surface area contributed by atoms with E-state index in [0.717, 1.165) is 27.4 Å². The third-order valence-corrected chi connectivity index (χ3v) is 4.14. The van der Waals surface area contributed by atoms with Crippen molar-refractivity contribution in [3.05, 3.63) is 79.3 Å². The van der Waals surface area contributed by atoms with Gasteiger partial charge in [-0.15, -0.1) is 0 Å². The third-order valence-electron chi connectivity index (χ3n) is 4.14.